The van der Waals surface area contributed by atoms with Gasteiger partial charge in [-0.3, -0.25) is 0 Å². The third-order valence-electron chi connectivity index (χ3n) is 6.50. The van der Waals surface area contributed by atoms with E-state index >= 15 is 0 Å². The average Bonchev–Trinajstić information content (AvgIpc) is 3.29. The van der Waals surface area contributed by atoms with Crippen molar-refractivity contribution < 1.29 is 9.47 Å². The monoisotopic (exact) mass is 495 g/mol. The van der Waals surface area contributed by atoms with Crippen molar-refractivity contribution >= 4 is 34.0 Å². The Balaban J connectivity index is 1.48. The van der Waals surface area contributed by atoms with Gasteiger partial charge in [0.05, 0.1) is 19.3 Å². The van der Waals surface area contributed by atoms with E-state index in [-0.39, 0.29) is 5.54 Å². The van der Waals surface area contributed by atoms with Crippen LogP contribution in [0.25, 0.3) is 0 Å². The summed E-state index contributed by atoms with van der Waals surface area (Å²) in [5.74, 6) is 2.99. The van der Waals surface area contributed by atoms with Crippen LogP contribution in [0.5, 0.6) is 11.5 Å². The number of ether oxygens (including phenoxy) is 2. The molecule has 1 fully saturated rings. The second-order valence-electron chi connectivity index (χ2n) is 9.90. The van der Waals surface area contributed by atoms with Crippen LogP contribution in [0.4, 0.5) is 22.5 Å². The molecule has 1 aliphatic heterocycles. The normalized spacial score (nSPS) is 15.4. The van der Waals surface area contributed by atoms with Crippen molar-refractivity contribution in [1.82, 2.24) is 9.36 Å². The van der Waals surface area contributed by atoms with E-state index in [0.717, 1.165) is 53.5 Å². The van der Waals surface area contributed by atoms with Crippen LogP contribution < -0.4 is 24.6 Å². The van der Waals surface area contributed by atoms with E-state index < -0.39 is 0 Å². The van der Waals surface area contributed by atoms with Gasteiger partial charge in [0, 0.05) is 42.5 Å². The molecule has 8 heteroatoms. The highest BCUT2D eigenvalue weighted by Gasteiger charge is 2.35. The minimum absolute atomic E-state index is 0.0659. The van der Waals surface area contributed by atoms with Crippen LogP contribution in [-0.2, 0) is 0 Å². The minimum atomic E-state index is -0.0659. The van der Waals surface area contributed by atoms with Gasteiger partial charge in [-0.1, -0.05) is 13.8 Å². The van der Waals surface area contributed by atoms with Crippen LogP contribution in [0.3, 0.4) is 0 Å². The molecule has 0 bridgehead atoms. The second-order valence-corrected chi connectivity index (χ2v) is 10.7. The first-order chi connectivity index (χ1) is 16.7. The van der Waals surface area contributed by atoms with E-state index in [2.05, 4.69) is 74.0 Å². The highest BCUT2D eigenvalue weighted by atomic mass is 32.1. The van der Waals surface area contributed by atoms with Gasteiger partial charge in [0.2, 0.25) is 11.1 Å². The minimum Gasteiger partial charge on any atom is -0.497 e. The summed E-state index contributed by atoms with van der Waals surface area (Å²) >= 11 is 1.40. The maximum atomic E-state index is 5.87. The Kier molecular flexibility index (Phi) is 7.40. The van der Waals surface area contributed by atoms with Gasteiger partial charge in [-0.05, 0) is 81.1 Å². The fraction of sp³-hybridized carbons (Fsp3) is 0.481. The number of nitrogens with zero attached hydrogens (tertiary/aromatic N) is 4. The van der Waals surface area contributed by atoms with Gasteiger partial charge in [-0.2, -0.15) is 9.36 Å². The molecular formula is C27H37N5O2S. The number of methoxy groups -OCH3 is 1. The highest BCUT2D eigenvalue weighted by molar-refractivity contribution is 7.10. The zero-order valence-electron chi connectivity index (χ0n) is 21.9. The fourth-order valence-corrected chi connectivity index (χ4v) is 5.24. The molecule has 0 amide bonds. The number of rotatable bonds is 8. The van der Waals surface area contributed by atoms with Crippen molar-refractivity contribution in [2.45, 2.75) is 53.0 Å². The lowest BCUT2D eigenvalue weighted by atomic mass is 9.98. The standard InChI is InChI=1S/C27H37N5O2S/c1-8-34-24-15-19(4)23(16-22(24)18(2)3)28-26-29-25(30-35-26)31-13-14-32(27(5,6)17-31)20-9-11-21(33-7)12-10-20/h9-12,15-16,18H,8,13-14,17H2,1-7H3,(H,28,29,30). The van der Waals surface area contributed by atoms with Gasteiger partial charge in [0.25, 0.3) is 0 Å². The summed E-state index contributed by atoms with van der Waals surface area (Å²) in [6.45, 7) is 16.3. The maximum absolute atomic E-state index is 5.87. The molecule has 1 saturated heterocycles. The van der Waals surface area contributed by atoms with Crippen molar-refractivity contribution in [3.8, 4) is 11.5 Å². The van der Waals surface area contributed by atoms with Crippen LogP contribution in [0.15, 0.2) is 36.4 Å². The molecule has 2 aromatic carbocycles. The smallest absolute Gasteiger partial charge is 0.239 e. The fourth-order valence-electron chi connectivity index (χ4n) is 4.64. The van der Waals surface area contributed by atoms with Gasteiger partial charge < -0.3 is 24.6 Å². The Morgan fingerprint density at radius 2 is 1.89 bits per heavy atom. The Morgan fingerprint density at radius 1 is 1.14 bits per heavy atom. The third-order valence-corrected chi connectivity index (χ3v) is 7.13. The zero-order valence-corrected chi connectivity index (χ0v) is 22.7. The molecule has 0 aliphatic carbocycles. The van der Waals surface area contributed by atoms with Gasteiger partial charge in [-0.15, -0.1) is 0 Å². The maximum Gasteiger partial charge on any atom is 0.239 e. The van der Waals surface area contributed by atoms with Crippen molar-refractivity contribution in [2.24, 2.45) is 0 Å². The number of piperazine rings is 1. The van der Waals surface area contributed by atoms with Gasteiger partial charge in [0.15, 0.2) is 0 Å². The summed E-state index contributed by atoms with van der Waals surface area (Å²) < 4.78 is 15.9. The van der Waals surface area contributed by atoms with E-state index in [1.807, 2.05) is 19.1 Å². The first kappa shape index (κ1) is 25.1. The SMILES string of the molecule is CCOc1cc(C)c(Nc2nc(N3CCN(c4ccc(OC)cc4)C(C)(C)C3)ns2)cc1C(C)C. The van der Waals surface area contributed by atoms with Crippen LogP contribution >= 0.6 is 11.5 Å². The van der Waals surface area contributed by atoms with Crippen molar-refractivity contribution in [3.63, 3.8) is 0 Å². The first-order valence-corrected chi connectivity index (χ1v) is 13.0. The Morgan fingerprint density at radius 3 is 2.51 bits per heavy atom. The van der Waals surface area contributed by atoms with E-state index in [9.17, 15) is 0 Å². The van der Waals surface area contributed by atoms with Crippen LogP contribution in [0.2, 0.25) is 0 Å². The Labute approximate surface area is 213 Å². The number of hydrogen-bond acceptors (Lipinski definition) is 8. The molecule has 1 aliphatic rings. The molecule has 0 atom stereocenters. The lowest BCUT2D eigenvalue weighted by Gasteiger charge is -2.48. The lowest BCUT2D eigenvalue weighted by Crippen LogP contribution is -2.60. The van der Waals surface area contributed by atoms with E-state index in [1.165, 1.54) is 22.8 Å². The van der Waals surface area contributed by atoms with Gasteiger partial charge in [-0.25, -0.2) is 0 Å². The Bertz CT molecular complexity index is 1140. The van der Waals surface area contributed by atoms with Crippen molar-refractivity contribution in [3.05, 3.63) is 47.5 Å². The van der Waals surface area contributed by atoms with Crippen molar-refractivity contribution in [2.75, 3.05) is 48.5 Å². The summed E-state index contributed by atoms with van der Waals surface area (Å²) in [6.07, 6.45) is 0. The molecule has 4 rings (SSSR count). The lowest BCUT2D eigenvalue weighted by molar-refractivity contribution is 0.335. The molecule has 0 saturated carbocycles. The Hall–Kier alpha value is -3.00. The van der Waals surface area contributed by atoms with Gasteiger partial charge in [0.1, 0.15) is 11.5 Å². The van der Waals surface area contributed by atoms with E-state index in [1.54, 1.807) is 7.11 Å². The number of benzene rings is 2. The topological polar surface area (TPSA) is 62.8 Å². The molecule has 0 unspecified atom stereocenters. The van der Waals surface area contributed by atoms with Gasteiger partial charge >= 0.3 is 0 Å². The number of anilines is 4. The van der Waals surface area contributed by atoms with Crippen LogP contribution in [-0.4, -0.2) is 48.2 Å². The predicted octanol–water partition coefficient (Wildman–Crippen LogP) is 6.23. The molecule has 3 aromatic rings. The van der Waals surface area contributed by atoms with Crippen LogP contribution in [0, 0.1) is 6.92 Å². The molecule has 1 aromatic heterocycles. The van der Waals surface area contributed by atoms with Crippen molar-refractivity contribution in [1.29, 1.82) is 0 Å². The summed E-state index contributed by atoms with van der Waals surface area (Å²) in [7, 11) is 1.70. The van der Waals surface area contributed by atoms with E-state index in [4.69, 9.17) is 18.8 Å². The van der Waals surface area contributed by atoms with E-state index in [0.29, 0.717) is 12.5 Å². The summed E-state index contributed by atoms with van der Waals surface area (Å²) in [6, 6.07) is 12.6. The number of nitrogens with one attached hydrogen (secondary N) is 1. The molecular weight excluding hydrogens is 458 g/mol. The number of hydrogen-bond donors (Lipinski definition) is 1. The average molecular weight is 496 g/mol. The summed E-state index contributed by atoms with van der Waals surface area (Å²) in [5, 5.41) is 4.31. The quantitative estimate of drug-likeness (QED) is 0.398. The molecule has 0 radical (unpaired) electrons. The molecule has 0 spiro atoms. The largest absolute Gasteiger partial charge is 0.497 e. The number of aryl methyl sites for hydroxylation is 1. The molecule has 1 N–H and O–H groups in total. The summed E-state index contributed by atoms with van der Waals surface area (Å²) in [4.78, 5) is 9.58. The molecule has 2 heterocycles. The van der Waals surface area contributed by atoms with Crippen LogP contribution in [0.1, 0.15) is 51.7 Å². The molecule has 188 valence electrons. The first-order valence-electron chi connectivity index (χ1n) is 12.3. The second kappa shape index (κ2) is 10.3. The molecule has 7 nitrogen and oxygen atoms in total. The molecule has 35 heavy (non-hydrogen) atoms. The highest BCUT2D eigenvalue weighted by Crippen LogP contribution is 2.35. The zero-order chi connectivity index (χ0) is 25.2. The summed E-state index contributed by atoms with van der Waals surface area (Å²) in [5.41, 5.74) is 4.51. The predicted molar refractivity (Wildman–Crippen MR) is 146 cm³/mol. The number of aromatic nitrogens is 2. The third kappa shape index (κ3) is 5.48.